The predicted octanol–water partition coefficient (Wildman–Crippen LogP) is 8.37. The Balaban J connectivity index is 1.75. The molecule has 0 aliphatic carbocycles. The number of aliphatic hydroxyl groups excluding tert-OH is 1. The van der Waals surface area contributed by atoms with Crippen molar-refractivity contribution in [2.75, 3.05) is 13.2 Å². The van der Waals surface area contributed by atoms with E-state index in [9.17, 15) is 5.11 Å². The van der Waals surface area contributed by atoms with Crippen LogP contribution < -0.4 is 4.74 Å². The fourth-order valence-corrected chi connectivity index (χ4v) is 5.04. The van der Waals surface area contributed by atoms with Gasteiger partial charge in [0.25, 0.3) is 0 Å². The molecule has 0 amide bonds. The van der Waals surface area contributed by atoms with Crippen molar-refractivity contribution >= 4 is 21.5 Å². The number of rotatable bonds is 6. The molecule has 0 aromatic heterocycles. The van der Waals surface area contributed by atoms with E-state index in [1.165, 1.54) is 16.3 Å². The van der Waals surface area contributed by atoms with Gasteiger partial charge >= 0.3 is 0 Å². The van der Waals surface area contributed by atoms with E-state index in [0.29, 0.717) is 0 Å². The molecule has 0 aliphatic heterocycles. The van der Waals surface area contributed by atoms with E-state index in [1.807, 2.05) is 24.3 Å². The zero-order chi connectivity index (χ0) is 24.3. The molecule has 0 bridgehead atoms. The van der Waals surface area contributed by atoms with Gasteiger partial charge < -0.3 is 9.84 Å². The highest BCUT2D eigenvalue weighted by molar-refractivity contribution is 6.11. The van der Waals surface area contributed by atoms with Crippen LogP contribution in [0.15, 0.2) is 127 Å². The molecule has 1 N–H and O–H groups in total. The lowest BCUT2D eigenvalue weighted by molar-refractivity contribution is 0.202. The summed E-state index contributed by atoms with van der Waals surface area (Å²) in [5.74, 6) is 0.796. The van der Waals surface area contributed by atoms with Gasteiger partial charge in [-0.25, -0.2) is 0 Å². The first-order valence-electron chi connectivity index (χ1n) is 12.3. The Hall–Kier alpha value is -4.40. The third-order valence-corrected chi connectivity index (χ3v) is 6.66. The molecule has 0 unspecified atom stereocenters. The van der Waals surface area contributed by atoms with Crippen molar-refractivity contribution in [2.24, 2.45) is 0 Å². The van der Waals surface area contributed by atoms with Crippen molar-refractivity contribution in [1.82, 2.24) is 0 Å². The fourth-order valence-electron chi connectivity index (χ4n) is 5.04. The molecule has 6 aromatic rings. The Kier molecular flexibility index (Phi) is 5.95. The van der Waals surface area contributed by atoms with Crippen LogP contribution >= 0.6 is 0 Å². The van der Waals surface area contributed by atoms with E-state index in [0.717, 1.165) is 44.3 Å². The van der Waals surface area contributed by atoms with Gasteiger partial charge in [-0.05, 0) is 62.0 Å². The summed E-state index contributed by atoms with van der Waals surface area (Å²) in [4.78, 5) is 0. The number of hydrogen-bond acceptors (Lipinski definition) is 2. The monoisotopic (exact) mass is 466 g/mol. The maximum Gasteiger partial charge on any atom is 0.135 e. The molecule has 174 valence electrons. The van der Waals surface area contributed by atoms with Crippen LogP contribution in [0.25, 0.3) is 54.9 Å². The highest BCUT2D eigenvalue weighted by Crippen LogP contribution is 2.47. The molecule has 6 rings (SSSR count). The van der Waals surface area contributed by atoms with Gasteiger partial charge in [-0.15, -0.1) is 0 Å². The Labute approximate surface area is 211 Å². The number of hydrogen-bond donors (Lipinski definition) is 1. The summed E-state index contributed by atoms with van der Waals surface area (Å²) in [5.41, 5.74) is 6.61. The topological polar surface area (TPSA) is 29.5 Å². The van der Waals surface area contributed by atoms with Gasteiger partial charge in [0.1, 0.15) is 12.4 Å². The summed E-state index contributed by atoms with van der Waals surface area (Å²) in [5, 5.41) is 14.3. The lowest BCUT2D eigenvalue weighted by Crippen LogP contribution is -2.05. The molecule has 6 aromatic carbocycles. The maximum atomic E-state index is 9.70. The second kappa shape index (κ2) is 9.69. The molecule has 2 heteroatoms. The van der Waals surface area contributed by atoms with Crippen molar-refractivity contribution < 1.29 is 9.84 Å². The summed E-state index contributed by atoms with van der Waals surface area (Å²) < 4.78 is 6.38. The lowest BCUT2D eigenvalue weighted by Gasteiger charge is -2.21. The van der Waals surface area contributed by atoms with E-state index in [-0.39, 0.29) is 13.2 Å². The first-order chi connectivity index (χ1) is 17.8. The number of ether oxygens (including phenoxy) is 1. The van der Waals surface area contributed by atoms with Crippen molar-refractivity contribution in [3.63, 3.8) is 0 Å². The van der Waals surface area contributed by atoms with Crippen LogP contribution in [-0.2, 0) is 0 Å². The summed E-state index contributed by atoms with van der Waals surface area (Å²) in [6.07, 6.45) is 0. The zero-order valence-corrected chi connectivity index (χ0v) is 19.9. The minimum absolute atomic E-state index is 0.0503. The van der Waals surface area contributed by atoms with Crippen LogP contribution in [0.5, 0.6) is 5.75 Å². The van der Waals surface area contributed by atoms with Crippen molar-refractivity contribution in [2.45, 2.75) is 0 Å². The normalized spacial score (nSPS) is 11.1. The number of fused-ring (bicyclic) bond motifs is 2. The molecule has 0 saturated heterocycles. The summed E-state index contributed by atoms with van der Waals surface area (Å²) >= 11 is 0. The molecule has 36 heavy (non-hydrogen) atoms. The van der Waals surface area contributed by atoms with E-state index in [1.54, 1.807) is 0 Å². The molecule has 2 nitrogen and oxygen atoms in total. The molecule has 0 fully saturated rings. The van der Waals surface area contributed by atoms with Crippen molar-refractivity contribution in [3.8, 4) is 39.1 Å². The summed E-state index contributed by atoms with van der Waals surface area (Å²) in [6.45, 7) is 0.173. The molecule has 0 saturated carbocycles. The third kappa shape index (κ3) is 4.02. The van der Waals surface area contributed by atoms with Crippen LogP contribution in [0.4, 0.5) is 0 Å². The second-order valence-electron chi connectivity index (χ2n) is 8.90. The van der Waals surface area contributed by atoms with Gasteiger partial charge in [-0.1, -0.05) is 109 Å². The minimum atomic E-state index is -0.0503. The van der Waals surface area contributed by atoms with Gasteiger partial charge in [0.05, 0.1) is 6.61 Å². The Morgan fingerprint density at radius 3 is 1.78 bits per heavy atom. The van der Waals surface area contributed by atoms with Crippen LogP contribution in [-0.4, -0.2) is 18.3 Å². The smallest absolute Gasteiger partial charge is 0.135 e. The van der Waals surface area contributed by atoms with Crippen LogP contribution in [0.3, 0.4) is 0 Å². The first-order valence-corrected chi connectivity index (χ1v) is 12.3. The summed E-state index contributed by atoms with van der Waals surface area (Å²) in [7, 11) is 0. The van der Waals surface area contributed by atoms with E-state index >= 15 is 0 Å². The summed E-state index contributed by atoms with van der Waals surface area (Å²) in [6, 6.07) is 44.6. The van der Waals surface area contributed by atoms with Gasteiger partial charge in [0, 0.05) is 11.1 Å². The highest BCUT2D eigenvalue weighted by atomic mass is 16.5. The third-order valence-electron chi connectivity index (χ3n) is 6.66. The average Bonchev–Trinajstić information content (AvgIpc) is 2.95. The Morgan fingerprint density at radius 2 is 1.08 bits per heavy atom. The average molecular weight is 467 g/mol. The van der Waals surface area contributed by atoms with Crippen LogP contribution in [0, 0.1) is 0 Å². The largest absolute Gasteiger partial charge is 0.490 e. The lowest BCUT2D eigenvalue weighted by atomic mass is 9.87. The van der Waals surface area contributed by atoms with Gasteiger partial charge in [-0.2, -0.15) is 0 Å². The van der Waals surface area contributed by atoms with Crippen LogP contribution in [0.1, 0.15) is 0 Å². The van der Waals surface area contributed by atoms with Gasteiger partial charge in [0.15, 0.2) is 0 Å². The standard InChI is InChI=1S/C34H26O2/c35-19-20-36-34-31(25-13-5-2-6-14-25)22-27-16-8-10-18-30(27)33(34)32-23-28(24-11-3-1-4-12-24)21-26-15-7-9-17-29(26)32/h1-18,21-23,35H,19-20H2. The van der Waals surface area contributed by atoms with Crippen LogP contribution in [0.2, 0.25) is 0 Å². The Morgan fingerprint density at radius 1 is 0.500 bits per heavy atom. The maximum absolute atomic E-state index is 9.70. The highest BCUT2D eigenvalue weighted by Gasteiger charge is 2.20. The molecular formula is C34H26O2. The molecule has 0 atom stereocenters. The SMILES string of the molecule is OCCOc1c(-c2ccccc2)cc2ccccc2c1-c1cc(-c2ccccc2)cc2ccccc12. The molecule has 0 radical (unpaired) electrons. The molecule has 0 spiro atoms. The van der Waals surface area contributed by atoms with Crippen molar-refractivity contribution in [3.05, 3.63) is 127 Å². The van der Waals surface area contributed by atoms with Gasteiger partial charge in [0.2, 0.25) is 0 Å². The zero-order valence-electron chi connectivity index (χ0n) is 19.9. The van der Waals surface area contributed by atoms with Gasteiger partial charge in [-0.3, -0.25) is 0 Å². The molecule has 0 heterocycles. The van der Waals surface area contributed by atoms with E-state index in [2.05, 4.69) is 103 Å². The Bertz CT molecular complexity index is 1650. The predicted molar refractivity (Wildman–Crippen MR) is 150 cm³/mol. The second-order valence-corrected chi connectivity index (χ2v) is 8.90. The first kappa shape index (κ1) is 22.1. The van der Waals surface area contributed by atoms with E-state index in [4.69, 9.17) is 4.74 Å². The van der Waals surface area contributed by atoms with Crippen molar-refractivity contribution in [1.29, 1.82) is 0 Å². The van der Waals surface area contributed by atoms with E-state index < -0.39 is 0 Å². The number of benzene rings is 6. The fraction of sp³-hybridized carbons (Fsp3) is 0.0588. The molecular weight excluding hydrogens is 440 g/mol. The molecule has 0 aliphatic rings. The number of aliphatic hydroxyl groups is 1. The minimum Gasteiger partial charge on any atom is -0.490 e. The quantitative estimate of drug-likeness (QED) is 0.267.